The number of anilines is 1. The summed E-state index contributed by atoms with van der Waals surface area (Å²) in [7, 11) is 0. The van der Waals surface area contributed by atoms with Gasteiger partial charge in [-0.1, -0.05) is 12.0 Å². The van der Waals surface area contributed by atoms with E-state index in [0.717, 1.165) is 4.21 Å². The number of pyridine rings is 1. The van der Waals surface area contributed by atoms with E-state index in [1.165, 1.54) is 21.8 Å². The molecule has 3 heterocycles. The number of aromatic nitrogens is 3. The minimum Gasteiger partial charge on any atom is -0.478 e. The predicted molar refractivity (Wildman–Crippen MR) is 116 cm³/mol. The number of hydrogen-bond acceptors (Lipinski definition) is 6. The number of thioether (sulfide) groups is 1. The van der Waals surface area contributed by atoms with E-state index in [9.17, 15) is 14.7 Å². The van der Waals surface area contributed by atoms with Gasteiger partial charge >= 0.3 is 5.97 Å². The Labute approximate surface area is 179 Å². The molecule has 0 fully saturated rings. The van der Waals surface area contributed by atoms with Crippen LogP contribution in [-0.4, -0.2) is 37.8 Å². The van der Waals surface area contributed by atoms with E-state index in [-0.39, 0.29) is 17.1 Å². The van der Waals surface area contributed by atoms with Crippen molar-refractivity contribution in [2.75, 3.05) is 11.6 Å². The number of amides is 1. The molecule has 4 aromatic rings. The van der Waals surface area contributed by atoms with E-state index in [2.05, 4.69) is 27.4 Å². The fourth-order valence-electron chi connectivity index (χ4n) is 2.72. The average Bonchev–Trinajstić information content (AvgIpc) is 3.39. The number of nitrogens with zero attached hydrogens (tertiary/aromatic N) is 3. The van der Waals surface area contributed by atoms with Crippen LogP contribution in [0.3, 0.4) is 0 Å². The van der Waals surface area contributed by atoms with E-state index < -0.39 is 5.97 Å². The topological polar surface area (TPSA) is 96.6 Å². The molecule has 0 aliphatic rings. The maximum Gasteiger partial charge on any atom is 0.339 e. The summed E-state index contributed by atoms with van der Waals surface area (Å²) in [4.78, 5) is 23.7. The number of carbonyl (C=O) groups is 2. The van der Waals surface area contributed by atoms with Crippen molar-refractivity contribution >= 4 is 46.3 Å². The molecule has 0 bridgehead atoms. The highest BCUT2D eigenvalue weighted by Crippen LogP contribution is 2.24. The zero-order chi connectivity index (χ0) is 21.1. The van der Waals surface area contributed by atoms with Gasteiger partial charge in [0.1, 0.15) is 5.56 Å². The highest BCUT2D eigenvalue weighted by molar-refractivity contribution is 8.00. The maximum atomic E-state index is 12.4. The highest BCUT2D eigenvalue weighted by atomic mass is 32.2. The van der Waals surface area contributed by atoms with Crippen LogP contribution in [0.2, 0.25) is 0 Å². The second-order valence-electron chi connectivity index (χ2n) is 6.09. The Morgan fingerprint density at radius 1 is 1.17 bits per heavy atom. The molecular weight excluding hydrogens is 420 g/mol. The molecule has 7 nitrogen and oxygen atoms in total. The van der Waals surface area contributed by atoms with Crippen molar-refractivity contribution in [3.63, 3.8) is 0 Å². The van der Waals surface area contributed by atoms with Crippen LogP contribution in [-0.2, 0) is 0 Å². The monoisotopic (exact) mass is 434 g/mol. The molecule has 0 saturated carbocycles. The molecule has 9 heteroatoms. The smallest absolute Gasteiger partial charge is 0.339 e. The summed E-state index contributed by atoms with van der Waals surface area (Å²) in [5, 5.41) is 21.8. The van der Waals surface area contributed by atoms with E-state index >= 15 is 0 Å². The largest absolute Gasteiger partial charge is 0.478 e. The van der Waals surface area contributed by atoms with Crippen molar-refractivity contribution in [3.05, 3.63) is 76.6 Å². The summed E-state index contributed by atoms with van der Waals surface area (Å²) in [5.74, 6) is 4.95. The van der Waals surface area contributed by atoms with E-state index in [1.807, 2.05) is 23.8 Å². The number of carbonyl (C=O) groups excluding carboxylic acids is 1. The first-order chi connectivity index (χ1) is 14.5. The summed E-state index contributed by atoms with van der Waals surface area (Å²) in [6.07, 6.45) is 3.63. The number of hydrogen-bond donors (Lipinski definition) is 2. The molecule has 148 valence electrons. The normalized spacial score (nSPS) is 10.4. The van der Waals surface area contributed by atoms with Crippen LogP contribution in [0, 0.1) is 11.8 Å². The Bertz CT molecular complexity index is 1330. The third-order valence-corrected chi connectivity index (χ3v) is 6.17. The van der Waals surface area contributed by atoms with Crippen LogP contribution >= 0.6 is 23.1 Å². The van der Waals surface area contributed by atoms with Crippen molar-refractivity contribution in [2.45, 2.75) is 4.21 Å². The van der Waals surface area contributed by atoms with Gasteiger partial charge in [0, 0.05) is 22.8 Å². The summed E-state index contributed by atoms with van der Waals surface area (Å²) < 4.78 is 2.61. The molecule has 3 aromatic heterocycles. The second kappa shape index (κ2) is 8.41. The fraction of sp³-hybridized carbons (Fsp3) is 0.0476. The Hall–Kier alpha value is -3.61. The van der Waals surface area contributed by atoms with Gasteiger partial charge in [0.05, 0.1) is 9.77 Å². The zero-order valence-corrected chi connectivity index (χ0v) is 17.3. The molecule has 0 spiro atoms. The third kappa shape index (κ3) is 4.05. The van der Waals surface area contributed by atoms with Gasteiger partial charge < -0.3 is 10.4 Å². The summed E-state index contributed by atoms with van der Waals surface area (Å²) >= 11 is 3.13. The number of rotatable bonds is 4. The van der Waals surface area contributed by atoms with Gasteiger partial charge in [-0.15, -0.1) is 33.3 Å². The first-order valence-electron chi connectivity index (χ1n) is 8.68. The fourth-order valence-corrected chi connectivity index (χ4v) is 4.10. The molecule has 2 N–H and O–H groups in total. The lowest BCUT2D eigenvalue weighted by molar-refractivity contribution is 0.0698. The number of nitrogens with one attached hydrogen (secondary N) is 1. The lowest BCUT2D eigenvalue weighted by Gasteiger charge is -2.04. The molecule has 0 unspecified atom stereocenters. The predicted octanol–water partition coefficient (Wildman–Crippen LogP) is 3.86. The van der Waals surface area contributed by atoms with E-state index in [1.54, 1.807) is 42.2 Å². The van der Waals surface area contributed by atoms with Crippen LogP contribution < -0.4 is 5.32 Å². The van der Waals surface area contributed by atoms with Gasteiger partial charge in [0.25, 0.3) is 5.91 Å². The molecule has 30 heavy (non-hydrogen) atoms. The van der Waals surface area contributed by atoms with Gasteiger partial charge in [-0.2, -0.15) is 0 Å². The first-order valence-corrected chi connectivity index (χ1v) is 10.8. The number of fused-ring (bicyclic) bond motifs is 1. The number of benzene rings is 1. The Morgan fingerprint density at radius 2 is 2.03 bits per heavy atom. The lowest BCUT2D eigenvalue weighted by Crippen LogP contribution is -2.10. The van der Waals surface area contributed by atoms with Crippen LogP contribution in [0.5, 0.6) is 0 Å². The molecule has 0 aliphatic carbocycles. The Balaban J connectivity index is 1.57. The highest BCUT2D eigenvalue weighted by Gasteiger charge is 2.13. The molecule has 1 amide bonds. The molecule has 0 saturated heterocycles. The van der Waals surface area contributed by atoms with Gasteiger partial charge in [-0.3, -0.25) is 9.20 Å². The first kappa shape index (κ1) is 19.7. The number of aromatic carboxylic acids is 1. The summed E-state index contributed by atoms with van der Waals surface area (Å²) in [5.41, 5.74) is 2.21. The van der Waals surface area contributed by atoms with Gasteiger partial charge in [-0.05, 0) is 48.6 Å². The van der Waals surface area contributed by atoms with Crippen molar-refractivity contribution in [1.82, 2.24) is 14.6 Å². The van der Waals surface area contributed by atoms with Crippen LogP contribution in [0.25, 0.3) is 5.65 Å². The second-order valence-corrected chi connectivity index (χ2v) is 8.11. The van der Waals surface area contributed by atoms with Crippen LogP contribution in [0.4, 0.5) is 5.69 Å². The number of carboxylic acids is 1. The molecule has 1 aromatic carbocycles. The number of carboxylic acid groups (broad SMARTS) is 1. The Kier molecular flexibility index (Phi) is 5.52. The van der Waals surface area contributed by atoms with Crippen molar-refractivity contribution in [2.24, 2.45) is 0 Å². The minimum absolute atomic E-state index is 0.0563. The van der Waals surface area contributed by atoms with E-state index in [0.29, 0.717) is 22.6 Å². The quantitative estimate of drug-likeness (QED) is 0.374. The molecule has 0 aliphatic heterocycles. The lowest BCUT2D eigenvalue weighted by atomic mass is 10.2. The maximum absolute atomic E-state index is 12.4. The summed E-state index contributed by atoms with van der Waals surface area (Å²) in [6, 6.07) is 12.1. The van der Waals surface area contributed by atoms with Crippen molar-refractivity contribution in [1.29, 1.82) is 0 Å². The molecule has 0 radical (unpaired) electrons. The average molecular weight is 435 g/mol. The van der Waals surface area contributed by atoms with Crippen LogP contribution in [0.1, 0.15) is 32.1 Å². The number of thiophene rings is 1. The zero-order valence-electron chi connectivity index (χ0n) is 15.6. The van der Waals surface area contributed by atoms with Gasteiger partial charge in [-0.25, -0.2) is 4.79 Å². The molecule has 4 rings (SSSR count). The molecular formula is C21H14N4O3S2. The van der Waals surface area contributed by atoms with E-state index in [4.69, 9.17) is 0 Å². The van der Waals surface area contributed by atoms with Crippen LogP contribution in [0.15, 0.2) is 58.3 Å². The van der Waals surface area contributed by atoms with Crippen molar-refractivity contribution < 1.29 is 14.7 Å². The molecule has 0 atom stereocenters. The standard InChI is InChI=1S/C21H14N4O3S2/c1-29-18-11-14(12-30-18)20(26)22-15-5-2-4-13(10-15)7-8-17-23-24-19-16(21(27)28)6-3-9-25(17)19/h2-6,9-12H,1H3,(H,22,26)(H,27,28). The Morgan fingerprint density at radius 3 is 2.80 bits per heavy atom. The third-order valence-electron chi connectivity index (χ3n) is 4.14. The van der Waals surface area contributed by atoms with Gasteiger partial charge in [0.2, 0.25) is 5.82 Å². The SMILES string of the molecule is CSc1cc(C(=O)Nc2cccc(C#Cc3nnc4c(C(=O)O)cccn34)c2)cs1. The van der Waals surface area contributed by atoms with Crippen molar-refractivity contribution in [3.8, 4) is 11.8 Å². The summed E-state index contributed by atoms with van der Waals surface area (Å²) in [6.45, 7) is 0. The van der Waals surface area contributed by atoms with Gasteiger partial charge in [0.15, 0.2) is 5.65 Å². The minimum atomic E-state index is -1.08.